The molecule has 0 aliphatic heterocycles. The molecular weight excluding hydrogens is 182 g/mol. The Hall–Kier alpha value is -0.180. The molecule has 0 bridgehead atoms. The first-order valence-electron chi connectivity index (χ1n) is 5.42. The van der Waals surface area contributed by atoms with Crippen molar-refractivity contribution < 1.29 is 5.58 Å². The van der Waals surface area contributed by atoms with E-state index in [1.165, 1.54) is 12.8 Å². The van der Waals surface area contributed by atoms with Gasteiger partial charge < -0.3 is 0 Å². The molecule has 0 heterocycles. The van der Waals surface area contributed by atoms with E-state index in [-0.39, 0.29) is 11.6 Å². The average molecular weight is 203 g/mol. The van der Waals surface area contributed by atoms with Gasteiger partial charge in [0.1, 0.15) is 11.0 Å². The quantitative estimate of drug-likeness (QED) is 0.648. The van der Waals surface area contributed by atoms with E-state index in [4.69, 9.17) is 1.37 Å². The molecule has 1 rings (SSSR count). The second-order valence-corrected chi connectivity index (χ2v) is 6.57. The predicted molar refractivity (Wildman–Crippen MR) is 58.3 cm³/mol. The van der Waals surface area contributed by atoms with Gasteiger partial charge in [-0.1, -0.05) is 0 Å². The van der Waals surface area contributed by atoms with Gasteiger partial charge in [0, 0.05) is 7.08 Å². The van der Waals surface area contributed by atoms with Crippen molar-refractivity contribution in [3.8, 4) is 0 Å². The summed E-state index contributed by atoms with van der Waals surface area (Å²) >= 11 is 0. The van der Waals surface area contributed by atoms with Crippen LogP contribution in [-0.4, -0.2) is 14.7 Å². The molecule has 0 aromatic heterocycles. The first kappa shape index (κ1) is 9.38. The van der Waals surface area contributed by atoms with Crippen LogP contribution in [0.1, 0.15) is 48.3 Å². The van der Waals surface area contributed by atoms with E-state index in [9.17, 15) is 4.21 Å². The molecule has 1 aliphatic rings. The van der Waals surface area contributed by atoms with Gasteiger partial charge >= 0.3 is 0 Å². The van der Waals surface area contributed by atoms with E-state index >= 15 is 0 Å². The lowest BCUT2D eigenvalue weighted by Crippen LogP contribution is -2.20. The van der Waals surface area contributed by atoms with Crippen LogP contribution in [0.25, 0.3) is 0 Å². The Balaban J connectivity index is 2.57. The fourth-order valence-electron chi connectivity index (χ4n) is 0.947. The molecular formula is C10H19NOS. The minimum Gasteiger partial charge on any atom is -0.234 e. The average Bonchev–Trinajstić information content (AvgIpc) is 2.85. The molecule has 1 fully saturated rings. The summed E-state index contributed by atoms with van der Waals surface area (Å²) in [6, 6.07) is 0. The molecule has 0 amide bonds. The van der Waals surface area contributed by atoms with Crippen molar-refractivity contribution in [2.45, 2.75) is 51.7 Å². The highest BCUT2D eigenvalue weighted by Gasteiger charge is 2.23. The lowest BCUT2D eigenvalue weighted by atomic mass is 10.2. The SMILES string of the molecule is [3H]C/C(CC1CC1)=N\S(=O)C(C)(C)C. The van der Waals surface area contributed by atoms with Gasteiger partial charge in [-0.2, -0.15) is 4.40 Å². The fourth-order valence-corrected chi connectivity index (χ4v) is 1.53. The van der Waals surface area contributed by atoms with Crippen LogP contribution >= 0.6 is 0 Å². The zero-order valence-corrected chi connectivity index (χ0v) is 9.49. The van der Waals surface area contributed by atoms with Gasteiger partial charge in [-0.05, 0) is 52.9 Å². The molecule has 0 spiro atoms. The van der Waals surface area contributed by atoms with Gasteiger partial charge in [-0.3, -0.25) is 0 Å². The second-order valence-electron chi connectivity index (χ2n) is 4.67. The molecule has 13 heavy (non-hydrogen) atoms. The van der Waals surface area contributed by atoms with Crippen LogP contribution in [-0.2, 0) is 11.0 Å². The highest BCUT2D eigenvalue weighted by atomic mass is 32.2. The van der Waals surface area contributed by atoms with Gasteiger partial charge in [-0.25, -0.2) is 4.21 Å². The Labute approximate surface area is 84.8 Å². The lowest BCUT2D eigenvalue weighted by molar-refractivity contribution is 0.650. The summed E-state index contributed by atoms with van der Waals surface area (Å²) < 4.78 is 22.8. The summed E-state index contributed by atoms with van der Waals surface area (Å²) in [6.07, 6.45) is 3.38. The molecule has 1 aliphatic carbocycles. The van der Waals surface area contributed by atoms with Crippen molar-refractivity contribution in [3.63, 3.8) is 0 Å². The van der Waals surface area contributed by atoms with Crippen LogP contribution < -0.4 is 0 Å². The smallest absolute Gasteiger partial charge is 0.144 e. The molecule has 2 nitrogen and oxygen atoms in total. The first-order valence-corrected chi connectivity index (χ1v) is 5.82. The topological polar surface area (TPSA) is 29.4 Å². The second kappa shape index (κ2) is 3.91. The van der Waals surface area contributed by atoms with Gasteiger partial charge in [-0.15, -0.1) is 0 Å². The monoisotopic (exact) mass is 203 g/mol. The highest BCUT2D eigenvalue weighted by Crippen LogP contribution is 2.32. The maximum Gasteiger partial charge on any atom is 0.144 e. The summed E-state index contributed by atoms with van der Waals surface area (Å²) in [5.41, 5.74) is 0.806. The Kier molecular flexibility index (Phi) is 2.82. The number of rotatable bonds is 3. The molecule has 0 aromatic carbocycles. The molecule has 0 N–H and O–H groups in total. The standard InChI is InChI=1S/C10H19NOS/c1-8(7-9-5-6-9)11-13(12)10(2,3)4/h9H,5-7H2,1-4H3/b11-8+/i1T. The molecule has 0 radical (unpaired) electrons. The van der Waals surface area contributed by atoms with Crippen molar-refractivity contribution in [2.24, 2.45) is 10.3 Å². The Bertz CT molecular complexity index is 253. The van der Waals surface area contributed by atoms with E-state index in [0.29, 0.717) is 0 Å². The molecule has 3 heteroatoms. The number of hydrogen-bond donors (Lipinski definition) is 0. The van der Waals surface area contributed by atoms with Gasteiger partial charge in [0.15, 0.2) is 0 Å². The maximum atomic E-state index is 11.7. The van der Waals surface area contributed by atoms with Gasteiger partial charge in [0.2, 0.25) is 0 Å². The van der Waals surface area contributed by atoms with Crippen LogP contribution in [0.2, 0.25) is 0 Å². The van der Waals surface area contributed by atoms with E-state index in [1.807, 2.05) is 20.8 Å². The van der Waals surface area contributed by atoms with Crippen LogP contribution in [0.5, 0.6) is 0 Å². The Morgan fingerprint density at radius 3 is 2.62 bits per heavy atom. The molecule has 1 saturated carbocycles. The molecule has 1 unspecified atom stereocenters. The molecule has 0 aromatic rings. The lowest BCUT2D eigenvalue weighted by Gasteiger charge is -2.13. The van der Waals surface area contributed by atoms with Gasteiger partial charge in [0.25, 0.3) is 0 Å². The van der Waals surface area contributed by atoms with Crippen molar-refractivity contribution in [1.29, 1.82) is 0 Å². The highest BCUT2D eigenvalue weighted by molar-refractivity contribution is 7.85. The van der Waals surface area contributed by atoms with E-state index < -0.39 is 11.0 Å². The summed E-state index contributed by atoms with van der Waals surface area (Å²) in [4.78, 5) is 0. The summed E-state index contributed by atoms with van der Waals surface area (Å²) in [5, 5.41) is 0. The van der Waals surface area contributed by atoms with Gasteiger partial charge in [0.05, 0.1) is 4.75 Å². The van der Waals surface area contributed by atoms with Crippen LogP contribution in [0, 0.1) is 5.92 Å². The summed E-state index contributed by atoms with van der Waals surface area (Å²) in [6.45, 7) is 5.92. The largest absolute Gasteiger partial charge is 0.234 e. The van der Waals surface area contributed by atoms with Crippen LogP contribution in [0.15, 0.2) is 4.40 Å². The van der Waals surface area contributed by atoms with Crippen molar-refractivity contribution in [1.82, 2.24) is 0 Å². The third-order valence-corrected chi connectivity index (χ3v) is 3.43. The van der Waals surface area contributed by atoms with Crippen LogP contribution in [0.3, 0.4) is 0 Å². The minimum absolute atomic E-state index is 0.193. The number of hydrogen-bond acceptors (Lipinski definition) is 1. The van der Waals surface area contributed by atoms with Crippen molar-refractivity contribution in [3.05, 3.63) is 0 Å². The Morgan fingerprint density at radius 1 is 1.62 bits per heavy atom. The third kappa shape index (κ3) is 4.03. The van der Waals surface area contributed by atoms with Crippen LogP contribution in [0.4, 0.5) is 0 Å². The van der Waals surface area contributed by atoms with E-state index in [1.54, 1.807) is 0 Å². The van der Waals surface area contributed by atoms with E-state index in [2.05, 4.69) is 4.40 Å². The maximum absolute atomic E-state index is 11.7. The van der Waals surface area contributed by atoms with Crippen molar-refractivity contribution in [2.75, 3.05) is 0 Å². The molecule has 1 atom stereocenters. The molecule has 76 valence electrons. The third-order valence-electron chi connectivity index (χ3n) is 1.96. The minimum atomic E-state index is -1.19. The summed E-state index contributed by atoms with van der Waals surface area (Å²) in [7, 11) is -1.19. The zero-order chi connectivity index (χ0) is 10.8. The normalized spacial score (nSPS) is 22.7. The fraction of sp³-hybridized carbons (Fsp3) is 0.900. The first-order chi connectivity index (χ1) is 6.43. The summed E-state index contributed by atoms with van der Waals surface area (Å²) in [5.74, 6) is 0.719. The predicted octanol–water partition coefficient (Wildman–Crippen LogP) is 2.71. The van der Waals surface area contributed by atoms with Crippen molar-refractivity contribution >= 4 is 16.7 Å². The number of nitrogens with zero attached hydrogens (tertiary/aromatic N) is 1. The Morgan fingerprint density at radius 2 is 2.23 bits per heavy atom. The van der Waals surface area contributed by atoms with E-state index in [0.717, 1.165) is 18.1 Å². The zero-order valence-electron chi connectivity index (χ0n) is 9.67. The molecule has 0 saturated heterocycles.